The number of likely N-dealkylation sites (N-methyl/N-ethyl adjacent to an activating group) is 1. The number of amides is 1. The SMILES string of the molecule is CCN(CC)CCN(C(=O)CSc1ccc(C)cc1)c1nc2ccc([N+](=O)[O-])cc2s1.Cl. The number of thiazole rings is 1. The molecule has 0 saturated heterocycles. The monoisotopic (exact) mass is 494 g/mol. The van der Waals surface area contributed by atoms with Gasteiger partial charge in [-0.05, 0) is 38.2 Å². The minimum atomic E-state index is -0.416. The van der Waals surface area contributed by atoms with E-state index in [0.717, 1.165) is 24.5 Å². The van der Waals surface area contributed by atoms with Crippen LogP contribution in [0.25, 0.3) is 10.2 Å². The summed E-state index contributed by atoms with van der Waals surface area (Å²) >= 11 is 2.82. The summed E-state index contributed by atoms with van der Waals surface area (Å²) in [7, 11) is 0. The Balaban J connectivity index is 0.00000363. The summed E-state index contributed by atoms with van der Waals surface area (Å²) in [5.74, 6) is 0.281. The number of carbonyl (C=O) groups is 1. The fourth-order valence-corrected chi connectivity index (χ4v) is 4.91. The Morgan fingerprint density at radius 3 is 2.44 bits per heavy atom. The normalized spacial score (nSPS) is 10.9. The van der Waals surface area contributed by atoms with Gasteiger partial charge in [-0.3, -0.25) is 19.8 Å². The van der Waals surface area contributed by atoms with Crippen LogP contribution in [0.5, 0.6) is 0 Å². The third-order valence-corrected chi connectivity index (χ3v) is 7.06. The molecular formula is C22H27ClN4O3S2. The lowest BCUT2D eigenvalue weighted by molar-refractivity contribution is -0.384. The molecule has 0 radical (unpaired) electrons. The molecule has 1 heterocycles. The van der Waals surface area contributed by atoms with Crippen LogP contribution in [0.3, 0.4) is 0 Å². The van der Waals surface area contributed by atoms with Crippen LogP contribution in [0.15, 0.2) is 47.4 Å². The number of hydrogen-bond acceptors (Lipinski definition) is 7. The molecule has 10 heteroatoms. The number of nitro benzene ring substituents is 1. The highest BCUT2D eigenvalue weighted by atomic mass is 35.5. The van der Waals surface area contributed by atoms with Crippen LogP contribution in [0, 0.1) is 17.0 Å². The average Bonchev–Trinajstić information content (AvgIpc) is 3.19. The van der Waals surface area contributed by atoms with Crippen LogP contribution in [0.4, 0.5) is 10.8 Å². The molecule has 0 aliphatic heterocycles. The predicted octanol–water partition coefficient (Wildman–Crippen LogP) is 5.40. The largest absolute Gasteiger partial charge is 0.302 e. The van der Waals surface area contributed by atoms with Crippen molar-refractivity contribution in [3.8, 4) is 0 Å². The van der Waals surface area contributed by atoms with Crippen LogP contribution in [-0.2, 0) is 4.79 Å². The van der Waals surface area contributed by atoms with Crippen molar-refractivity contribution >= 4 is 62.4 Å². The first-order valence-electron chi connectivity index (χ1n) is 10.2. The Kier molecular flexibility index (Phi) is 9.89. The standard InChI is InChI=1S/C22H26N4O3S2.ClH/c1-4-24(5-2)12-13-25(21(27)15-30-18-9-6-16(3)7-10-18)22-23-19-11-8-17(26(28)29)14-20(19)31-22;/h6-11,14H,4-5,12-13,15H2,1-3H3;1H. The summed E-state index contributed by atoms with van der Waals surface area (Å²) in [6, 6.07) is 12.7. The molecular weight excluding hydrogens is 468 g/mol. The van der Waals surface area contributed by atoms with Crippen LogP contribution in [0.1, 0.15) is 19.4 Å². The summed E-state index contributed by atoms with van der Waals surface area (Å²) < 4.78 is 0.705. The Morgan fingerprint density at radius 1 is 1.12 bits per heavy atom. The van der Waals surface area contributed by atoms with E-state index < -0.39 is 4.92 Å². The minimum Gasteiger partial charge on any atom is -0.302 e. The van der Waals surface area contributed by atoms with Gasteiger partial charge in [0, 0.05) is 30.1 Å². The second-order valence-electron chi connectivity index (χ2n) is 7.08. The van der Waals surface area contributed by atoms with Crippen molar-refractivity contribution in [2.75, 3.05) is 36.8 Å². The Morgan fingerprint density at radius 2 is 1.81 bits per heavy atom. The van der Waals surface area contributed by atoms with Gasteiger partial charge in [0.05, 0.1) is 20.9 Å². The van der Waals surface area contributed by atoms with E-state index in [2.05, 4.69) is 23.7 Å². The van der Waals surface area contributed by atoms with Crippen molar-refractivity contribution in [3.05, 3.63) is 58.1 Å². The molecule has 32 heavy (non-hydrogen) atoms. The summed E-state index contributed by atoms with van der Waals surface area (Å²) in [4.78, 5) is 33.5. The van der Waals surface area contributed by atoms with Gasteiger partial charge in [-0.25, -0.2) is 4.98 Å². The van der Waals surface area contributed by atoms with Crippen LogP contribution in [0.2, 0.25) is 0 Å². The van der Waals surface area contributed by atoms with Crippen molar-refractivity contribution in [1.29, 1.82) is 0 Å². The quantitative estimate of drug-likeness (QED) is 0.213. The second-order valence-corrected chi connectivity index (χ2v) is 9.14. The number of nitrogens with zero attached hydrogens (tertiary/aromatic N) is 4. The first-order valence-corrected chi connectivity index (χ1v) is 12.0. The summed E-state index contributed by atoms with van der Waals surface area (Å²) in [5, 5.41) is 11.7. The lowest BCUT2D eigenvalue weighted by Gasteiger charge is -2.24. The molecule has 0 spiro atoms. The molecule has 0 N–H and O–H groups in total. The highest BCUT2D eigenvalue weighted by Crippen LogP contribution is 2.32. The third-order valence-electron chi connectivity index (χ3n) is 5.02. The van der Waals surface area contributed by atoms with Gasteiger partial charge in [0.25, 0.3) is 5.69 Å². The summed E-state index contributed by atoms with van der Waals surface area (Å²) in [6.45, 7) is 9.30. The minimum absolute atomic E-state index is 0. The Bertz CT molecular complexity index is 1060. The lowest BCUT2D eigenvalue weighted by Crippen LogP contribution is -2.39. The van der Waals surface area contributed by atoms with Gasteiger partial charge in [-0.1, -0.05) is 42.9 Å². The smallest absolute Gasteiger partial charge is 0.270 e. The van der Waals surface area contributed by atoms with Gasteiger partial charge >= 0.3 is 0 Å². The number of aryl methyl sites for hydroxylation is 1. The zero-order valence-electron chi connectivity index (χ0n) is 18.3. The van der Waals surface area contributed by atoms with E-state index in [-0.39, 0.29) is 24.0 Å². The molecule has 0 aliphatic rings. The van der Waals surface area contributed by atoms with Gasteiger partial charge < -0.3 is 4.90 Å². The molecule has 3 aromatic rings. The van der Waals surface area contributed by atoms with Crippen molar-refractivity contribution in [2.24, 2.45) is 0 Å². The van der Waals surface area contributed by atoms with Crippen molar-refractivity contribution < 1.29 is 9.72 Å². The molecule has 1 amide bonds. The number of thioether (sulfide) groups is 1. The van der Waals surface area contributed by atoms with Crippen LogP contribution >= 0.6 is 35.5 Å². The maximum Gasteiger partial charge on any atom is 0.270 e. The van der Waals surface area contributed by atoms with Gasteiger partial charge in [0.1, 0.15) is 0 Å². The summed E-state index contributed by atoms with van der Waals surface area (Å²) in [5.41, 5.74) is 1.87. The van der Waals surface area contributed by atoms with Gasteiger partial charge in [-0.15, -0.1) is 24.2 Å². The number of benzene rings is 2. The van der Waals surface area contributed by atoms with E-state index in [1.54, 1.807) is 11.0 Å². The zero-order valence-corrected chi connectivity index (χ0v) is 20.8. The van der Waals surface area contributed by atoms with E-state index in [4.69, 9.17) is 0 Å². The van der Waals surface area contributed by atoms with Crippen molar-refractivity contribution in [2.45, 2.75) is 25.7 Å². The maximum absolute atomic E-state index is 13.2. The maximum atomic E-state index is 13.2. The molecule has 0 fully saturated rings. The molecule has 7 nitrogen and oxygen atoms in total. The number of anilines is 1. The zero-order chi connectivity index (χ0) is 22.4. The lowest BCUT2D eigenvalue weighted by atomic mass is 10.2. The van der Waals surface area contributed by atoms with Gasteiger partial charge in [-0.2, -0.15) is 0 Å². The van der Waals surface area contributed by atoms with E-state index >= 15 is 0 Å². The van der Waals surface area contributed by atoms with Gasteiger partial charge in [0.2, 0.25) is 5.91 Å². The van der Waals surface area contributed by atoms with Gasteiger partial charge in [0.15, 0.2) is 5.13 Å². The molecule has 172 valence electrons. The first-order chi connectivity index (χ1) is 14.9. The number of carbonyl (C=O) groups excluding carboxylic acids is 1. The molecule has 0 bridgehead atoms. The molecule has 0 saturated carbocycles. The van der Waals surface area contributed by atoms with Crippen molar-refractivity contribution in [3.63, 3.8) is 0 Å². The number of rotatable bonds is 10. The molecule has 0 atom stereocenters. The van der Waals surface area contributed by atoms with E-state index in [0.29, 0.717) is 27.6 Å². The molecule has 1 aromatic heterocycles. The van der Waals surface area contributed by atoms with E-state index in [1.807, 2.05) is 31.2 Å². The molecule has 0 aliphatic carbocycles. The summed E-state index contributed by atoms with van der Waals surface area (Å²) in [6.07, 6.45) is 0. The van der Waals surface area contributed by atoms with E-state index in [1.165, 1.54) is 40.8 Å². The van der Waals surface area contributed by atoms with E-state index in [9.17, 15) is 14.9 Å². The Hall–Kier alpha value is -2.20. The van der Waals surface area contributed by atoms with Crippen LogP contribution in [-0.4, -0.2) is 52.6 Å². The molecule has 3 rings (SSSR count). The fourth-order valence-electron chi connectivity index (χ4n) is 3.10. The number of non-ortho nitro benzene ring substituents is 1. The van der Waals surface area contributed by atoms with Crippen LogP contribution < -0.4 is 4.90 Å². The number of hydrogen-bond donors (Lipinski definition) is 0. The first kappa shape index (κ1) is 26.1. The third kappa shape index (κ3) is 6.65. The highest BCUT2D eigenvalue weighted by Gasteiger charge is 2.21. The topological polar surface area (TPSA) is 79.6 Å². The van der Waals surface area contributed by atoms with Crippen molar-refractivity contribution in [1.82, 2.24) is 9.88 Å². The Labute approximate surface area is 202 Å². The molecule has 0 unspecified atom stereocenters. The number of fused-ring (bicyclic) bond motifs is 1. The average molecular weight is 495 g/mol. The number of aromatic nitrogens is 1. The number of nitro groups is 1. The fraction of sp³-hybridized carbons (Fsp3) is 0.364. The predicted molar refractivity (Wildman–Crippen MR) is 136 cm³/mol. The highest BCUT2D eigenvalue weighted by molar-refractivity contribution is 8.00. The second kappa shape index (κ2) is 12.2. The number of halogens is 1. The molecule has 2 aromatic carbocycles.